The lowest BCUT2D eigenvalue weighted by Gasteiger charge is -2.13. The highest BCUT2D eigenvalue weighted by Crippen LogP contribution is 2.20. The molecule has 0 radical (unpaired) electrons. The van der Waals surface area contributed by atoms with E-state index in [1.54, 1.807) is 0 Å². The second-order valence-corrected chi connectivity index (χ2v) is 5.01. The van der Waals surface area contributed by atoms with Crippen molar-refractivity contribution < 1.29 is 10.2 Å². The molecule has 0 unspecified atom stereocenters. The first kappa shape index (κ1) is 15.2. The van der Waals surface area contributed by atoms with Crippen LogP contribution in [0.25, 0.3) is 0 Å². The summed E-state index contributed by atoms with van der Waals surface area (Å²) in [6.45, 7) is 2.17. The predicted molar refractivity (Wildman–Crippen MR) is 75.4 cm³/mol. The SMILES string of the molecule is CCCCC[C@H](O)CCC[C@H](O)c1ccccc1. The molecule has 0 heterocycles. The van der Waals surface area contributed by atoms with Gasteiger partial charge in [-0.1, -0.05) is 56.5 Å². The highest BCUT2D eigenvalue weighted by Gasteiger charge is 2.09. The van der Waals surface area contributed by atoms with Crippen molar-refractivity contribution in [2.75, 3.05) is 0 Å². The van der Waals surface area contributed by atoms with Crippen LogP contribution >= 0.6 is 0 Å². The standard InChI is InChI=1S/C16H26O2/c1-2-3-5-11-15(17)12-8-13-16(18)14-9-6-4-7-10-14/h4,6-7,9-10,15-18H,2-3,5,8,11-13H2,1H3/t15-,16-/m0/s1. The molecule has 0 aliphatic rings. The van der Waals surface area contributed by atoms with Crippen molar-refractivity contribution in [3.05, 3.63) is 35.9 Å². The van der Waals surface area contributed by atoms with E-state index in [-0.39, 0.29) is 6.10 Å². The lowest BCUT2D eigenvalue weighted by atomic mass is 10.0. The first-order valence-corrected chi connectivity index (χ1v) is 7.15. The lowest BCUT2D eigenvalue weighted by Crippen LogP contribution is -2.07. The molecule has 1 aromatic rings. The Hall–Kier alpha value is -0.860. The first-order valence-electron chi connectivity index (χ1n) is 7.15. The Kier molecular flexibility index (Phi) is 7.70. The molecule has 1 rings (SSSR count). The van der Waals surface area contributed by atoms with Gasteiger partial charge in [0.1, 0.15) is 0 Å². The van der Waals surface area contributed by atoms with Crippen molar-refractivity contribution in [2.45, 2.75) is 64.1 Å². The van der Waals surface area contributed by atoms with Gasteiger partial charge in [-0.2, -0.15) is 0 Å². The summed E-state index contributed by atoms with van der Waals surface area (Å²) in [5.74, 6) is 0. The van der Waals surface area contributed by atoms with Gasteiger partial charge in [-0.15, -0.1) is 0 Å². The van der Waals surface area contributed by atoms with Gasteiger partial charge < -0.3 is 10.2 Å². The van der Waals surface area contributed by atoms with Crippen LogP contribution in [-0.2, 0) is 0 Å². The third kappa shape index (κ3) is 6.18. The van der Waals surface area contributed by atoms with Crippen molar-refractivity contribution in [2.24, 2.45) is 0 Å². The van der Waals surface area contributed by atoms with Gasteiger partial charge in [0.05, 0.1) is 12.2 Å². The maximum atomic E-state index is 9.97. The van der Waals surface area contributed by atoms with E-state index in [1.165, 1.54) is 12.8 Å². The molecule has 0 spiro atoms. The molecule has 0 bridgehead atoms. The molecule has 2 heteroatoms. The average molecular weight is 250 g/mol. The van der Waals surface area contributed by atoms with Gasteiger partial charge in [0.2, 0.25) is 0 Å². The smallest absolute Gasteiger partial charge is 0.0790 e. The van der Waals surface area contributed by atoms with Crippen LogP contribution in [0.1, 0.15) is 63.5 Å². The molecule has 18 heavy (non-hydrogen) atoms. The van der Waals surface area contributed by atoms with Gasteiger partial charge in [0.25, 0.3) is 0 Å². The topological polar surface area (TPSA) is 40.5 Å². The maximum Gasteiger partial charge on any atom is 0.0790 e. The fourth-order valence-corrected chi connectivity index (χ4v) is 2.16. The average Bonchev–Trinajstić information content (AvgIpc) is 2.40. The fourth-order valence-electron chi connectivity index (χ4n) is 2.16. The Balaban J connectivity index is 2.13. The summed E-state index contributed by atoms with van der Waals surface area (Å²) in [5, 5.41) is 19.7. The largest absolute Gasteiger partial charge is 0.393 e. The zero-order chi connectivity index (χ0) is 13.2. The first-order chi connectivity index (χ1) is 8.74. The summed E-state index contributed by atoms with van der Waals surface area (Å²) < 4.78 is 0. The molecular formula is C16H26O2. The molecule has 102 valence electrons. The van der Waals surface area contributed by atoms with E-state index < -0.39 is 6.10 Å². The molecule has 0 amide bonds. The van der Waals surface area contributed by atoms with Gasteiger partial charge in [0, 0.05) is 0 Å². The van der Waals surface area contributed by atoms with Crippen molar-refractivity contribution in [3.63, 3.8) is 0 Å². The number of unbranched alkanes of at least 4 members (excludes halogenated alkanes) is 2. The molecule has 2 atom stereocenters. The van der Waals surface area contributed by atoms with Crippen molar-refractivity contribution >= 4 is 0 Å². The molecule has 0 saturated heterocycles. The van der Waals surface area contributed by atoms with Gasteiger partial charge in [-0.25, -0.2) is 0 Å². The third-order valence-electron chi connectivity index (χ3n) is 3.34. The minimum absolute atomic E-state index is 0.195. The van der Waals surface area contributed by atoms with Crippen molar-refractivity contribution in [1.82, 2.24) is 0 Å². The van der Waals surface area contributed by atoms with E-state index in [4.69, 9.17) is 0 Å². The number of hydrogen-bond donors (Lipinski definition) is 2. The Morgan fingerprint density at radius 3 is 2.22 bits per heavy atom. The van der Waals surface area contributed by atoms with Gasteiger partial charge in [-0.3, -0.25) is 0 Å². The monoisotopic (exact) mass is 250 g/mol. The number of hydrogen-bond acceptors (Lipinski definition) is 2. The van der Waals surface area contributed by atoms with E-state index >= 15 is 0 Å². The minimum Gasteiger partial charge on any atom is -0.393 e. The normalized spacial score (nSPS) is 14.4. The zero-order valence-corrected chi connectivity index (χ0v) is 11.4. The number of rotatable bonds is 9. The van der Waals surface area contributed by atoms with E-state index in [1.807, 2.05) is 30.3 Å². The maximum absolute atomic E-state index is 9.97. The zero-order valence-electron chi connectivity index (χ0n) is 11.4. The molecule has 0 aromatic heterocycles. The Bertz CT molecular complexity index is 297. The van der Waals surface area contributed by atoms with Gasteiger partial charge in [-0.05, 0) is 31.2 Å². The van der Waals surface area contributed by atoms with Crippen LogP contribution in [0.15, 0.2) is 30.3 Å². The number of aliphatic hydroxyl groups is 2. The van der Waals surface area contributed by atoms with Crippen LogP contribution < -0.4 is 0 Å². The molecule has 0 aliphatic carbocycles. The fraction of sp³-hybridized carbons (Fsp3) is 0.625. The molecular weight excluding hydrogens is 224 g/mol. The quantitative estimate of drug-likeness (QED) is 0.654. The summed E-state index contributed by atoms with van der Waals surface area (Å²) in [4.78, 5) is 0. The van der Waals surface area contributed by atoms with Crippen LogP contribution in [0.5, 0.6) is 0 Å². The highest BCUT2D eigenvalue weighted by atomic mass is 16.3. The summed E-state index contributed by atoms with van der Waals surface area (Å²) >= 11 is 0. The Morgan fingerprint density at radius 2 is 1.56 bits per heavy atom. The lowest BCUT2D eigenvalue weighted by molar-refractivity contribution is 0.127. The number of benzene rings is 1. The van der Waals surface area contributed by atoms with Gasteiger partial charge in [0.15, 0.2) is 0 Å². The predicted octanol–water partition coefficient (Wildman–Crippen LogP) is 3.83. The van der Waals surface area contributed by atoms with E-state index in [0.717, 1.165) is 37.7 Å². The molecule has 0 saturated carbocycles. The van der Waals surface area contributed by atoms with Crippen molar-refractivity contribution in [1.29, 1.82) is 0 Å². The van der Waals surface area contributed by atoms with E-state index in [0.29, 0.717) is 0 Å². The summed E-state index contributed by atoms with van der Waals surface area (Å²) in [5.41, 5.74) is 0.970. The molecule has 2 nitrogen and oxygen atoms in total. The summed E-state index contributed by atoms with van der Waals surface area (Å²) in [7, 11) is 0. The van der Waals surface area contributed by atoms with E-state index in [2.05, 4.69) is 6.92 Å². The minimum atomic E-state index is -0.394. The van der Waals surface area contributed by atoms with Crippen LogP contribution in [0.4, 0.5) is 0 Å². The van der Waals surface area contributed by atoms with Crippen molar-refractivity contribution in [3.8, 4) is 0 Å². The van der Waals surface area contributed by atoms with Crippen LogP contribution in [0.3, 0.4) is 0 Å². The highest BCUT2D eigenvalue weighted by molar-refractivity contribution is 5.16. The summed E-state index contributed by atoms with van der Waals surface area (Å²) in [6, 6.07) is 9.73. The van der Waals surface area contributed by atoms with Gasteiger partial charge >= 0.3 is 0 Å². The van der Waals surface area contributed by atoms with Crippen LogP contribution in [0.2, 0.25) is 0 Å². The van der Waals surface area contributed by atoms with Crippen LogP contribution in [-0.4, -0.2) is 16.3 Å². The number of aliphatic hydroxyl groups excluding tert-OH is 2. The second-order valence-electron chi connectivity index (χ2n) is 5.01. The van der Waals surface area contributed by atoms with Crippen LogP contribution in [0, 0.1) is 0 Å². The Labute approximate surface area is 111 Å². The summed E-state index contributed by atoms with van der Waals surface area (Å²) in [6.07, 6.45) is 6.22. The Morgan fingerprint density at radius 1 is 0.889 bits per heavy atom. The molecule has 0 fully saturated rings. The molecule has 2 N–H and O–H groups in total. The van der Waals surface area contributed by atoms with E-state index in [9.17, 15) is 10.2 Å². The third-order valence-corrected chi connectivity index (χ3v) is 3.34. The second kappa shape index (κ2) is 9.12. The molecule has 1 aromatic carbocycles. The molecule has 0 aliphatic heterocycles.